The minimum atomic E-state index is 0. The maximum absolute atomic E-state index is 5.81. The van der Waals surface area contributed by atoms with Crippen LogP contribution in [0.5, 0.6) is 0 Å². The van der Waals surface area contributed by atoms with Gasteiger partial charge in [0.15, 0.2) is 5.96 Å². The van der Waals surface area contributed by atoms with Gasteiger partial charge >= 0.3 is 0 Å². The number of guanidine groups is 1. The molecule has 17 heavy (non-hydrogen) atoms. The molecule has 5 heteroatoms. The van der Waals surface area contributed by atoms with Crippen molar-refractivity contribution in [3.63, 3.8) is 0 Å². The SMILES string of the molecule is CCOC1CC(NC(=NC)NC)C12CCC2.I. The van der Waals surface area contributed by atoms with E-state index in [-0.39, 0.29) is 24.0 Å². The predicted octanol–water partition coefficient (Wildman–Crippen LogP) is 1.75. The van der Waals surface area contributed by atoms with Crippen LogP contribution in [-0.2, 0) is 4.74 Å². The molecule has 2 unspecified atom stereocenters. The number of nitrogens with one attached hydrogen (secondary N) is 2. The average Bonchev–Trinajstić information content (AvgIpc) is 2.20. The van der Waals surface area contributed by atoms with E-state index in [0.29, 0.717) is 17.6 Å². The molecule has 2 saturated carbocycles. The summed E-state index contributed by atoms with van der Waals surface area (Å²) in [7, 11) is 3.71. The Morgan fingerprint density at radius 2 is 2.18 bits per heavy atom. The van der Waals surface area contributed by atoms with Crippen molar-refractivity contribution in [2.24, 2.45) is 10.4 Å². The first-order chi connectivity index (χ1) is 7.76. The van der Waals surface area contributed by atoms with Crippen LogP contribution in [-0.4, -0.2) is 38.8 Å². The maximum atomic E-state index is 5.81. The van der Waals surface area contributed by atoms with E-state index in [1.165, 1.54) is 19.3 Å². The Balaban J connectivity index is 0.00000144. The highest BCUT2D eigenvalue weighted by atomic mass is 127. The lowest BCUT2D eigenvalue weighted by molar-refractivity contribution is -0.168. The molecule has 0 radical (unpaired) electrons. The van der Waals surface area contributed by atoms with Gasteiger partial charge in [0.2, 0.25) is 0 Å². The fourth-order valence-corrected chi connectivity index (χ4v) is 3.05. The van der Waals surface area contributed by atoms with Gasteiger partial charge in [0.25, 0.3) is 0 Å². The molecule has 0 aromatic rings. The first kappa shape index (κ1) is 15.0. The summed E-state index contributed by atoms with van der Waals surface area (Å²) in [5.41, 5.74) is 0.406. The van der Waals surface area contributed by atoms with Crippen LogP contribution in [0.25, 0.3) is 0 Å². The largest absolute Gasteiger partial charge is 0.378 e. The zero-order valence-electron chi connectivity index (χ0n) is 11.0. The van der Waals surface area contributed by atoms with Crippen molar-refractivity contribution >= 4 is 29.9 Å². The summed E-state index contributed by atoms with van der Waals surface area (Å²) in [4.78, 5) is 4.18. The Morgan fingerprint density at radius 1 is 1.47 bits per heavy atom. The Hall–Kier alpha value is -0.0400. The number of aliphatic imine (C=N–C) groups is 1. The van der Waals surface area contributed by atoms with Crippen LogP contribution < -0.4 is 10.6 Å². The molecular weight excluding hydrogens is 329 g/mol. The van der Waals surface area contributed by atoms with Gasteiger partial charge in [-0.15, -0.1) is 24.0 Å². The molecule has 2 aliphatic rings. The van der Waals surface area contributed by atoms with Crippen LogP contribution in [0.3, 0.4) is 0 Å². The highest BCUT2D eigenvalue weighted by molar-refractivity contribution is 14.0. The number of hydrogen-bond acceptors (Lipinski definition) is 2. The summed E-state index contributed by atoms with van der Waals surface area (Å²) >= 11 is 0. The lowest BCUT2D eigenvalue weighted by Crippen LogP contribution is -2.68. The van der Waals surface area contributed by atoms with Gasteiger partial charge in [0.05, 0.1) is 6.10 Å². The smallest absolute Gasteiger partial charge is 0.190 e. The van der Waals surface area contributed by atoms with E-state index in [1.54, 1.807) is 0 Å². The van der Waals surface area contributed by atoms with Crippen LogP contribution in [0.1, 0.15) is 32.6 Å². The summed E-state index contributed by atoms with van der Waals surface area (Å²) in [6, 6.07) is 0.545. The van der Waals surface area contributed by atoms with Gasteiger partial charge in [0.1, 0.15) is 0 Å². The van der Waals surface area contributed by atoms with Gasteiger partial charge in [-0.05, 0) is 26.2 Å². The molecule has 0 bridgehead atoms. The molecule has 100 valence electrons. The van der Waals surface area contributed by atoms with Crippen molar-refractivity contribution < 1.29 is 4.74 Å². The summed E-state index contributed by atoms with van der Waals surface area (Å²) in [6.07, 6.45) is 5.54. The molecule has 4 nitrogen and oxygen atoms in total. The van der Waals surface area contributed by atoms with Gasteiger partial charge in [-0.1, -0.05) is 6.42 Å². The van der Waals surface area contributed by atoms with E-state index in [9.17, 15) is 0 Å². The van der Waals surface area contributed by atoms with Gasteiger partial charge in [-0.2, -0.15) is 0 Å². The topological polar surface area (TPSA) is 45.6 Å². The van der Waals surface area contributed by atoms with Crippen molar-refractivity contribution in [2.45, 2.75) is 44.8 Å². The third kappa shape index (κ3) is 2.54. The van der Waals surface area contributed by atoms with Crippen LogP contribution in [0.4, 0.5) is 0 Å². The van der Waals surface area contributed by atoms with E-state index in [2.05, 4.69) is 22.5 Å². The van der Waals surface area contributed by atoms with Crippen LogP contribution >= 0.6 is 24.0 Å². The molecule has 0 aliphatic heterocycles. The second kappa shape index (κ2) is 6.22. The summed E-state index contributed by atoms with van der Waals surface area (Å²) in [5.74, 6) is 0.895. The Labute approximate surface area is 121 Å². The fourth-order valence-electron chi connectivity index (χ4n) is 3.05. The predicted molar refractivity (Wildman–Crippen MR) is 81.1 cm³/mol. The zero-order chi connectivity index (χ0) is 11.6. The number of ether oxygens (including phenoxy) is 1. The minimum Gasteiger partial charge on any atom is -0.378 e. The average molecular weight is 353 g/mol. The van der Waals surface area contributed by atoms with Gasteiger partial charge in [-0.25, -0.2) is 0 Å². The standard InChI is InChI=1S/C12H23N3O.HI/c1-4-16-10-8-9(12(10)6-5-7-12)15-11(13-2)14-3;/h9-10H,4-8H2,1-3H3,(H2,13,14,15);1H. The molecule has 2 rings (SSSR count). The van der Waals surface area contributed by atoms with Crippen LogP contribution in [0.2, 0.25) is 0 Å². The zero-order valence-corrected chi connectivity index (χ0v) is 13.3. The number of rotatable bonds is 3. The van der Waals surface area contributed by atoms with Crippen LogP contribution in [0.15, 0.2) is 4.99 Å². The fraction of sp³-hybridized carbons (Fsp3) is 0.917. The third-order valence-corrected chi connectivity index (χ3v) is 4.21. The number of halogens is 1. The quantitative estimate of drug-likeness (QED) is 0.462. The van der Waals surface area contributed by atoms with Gasteiger partial charge < -0.3 is 15.4 Å². The second-order valence-electron chi connectivity index (χ2n) is 4.79. The van der Waals surface area contributed by atoms with Crippen LogP contribution in [0, 0.1) is 5.41 Å². The summed E-state index contributed by atoms with van der Waals surface area (Å²) in [6.45, 7) is 2.92. The van der Waals surface area contributed by atoms with Crippen molar-refractivity contribution in [3.8, 4) is 0 Å². The molecule has 0 saturated heterocycles. The Kier molecular flexibility index (Phi) is 5.50. The van der Waals surface area contributed by atoms with Gasteiger partial charge in [-0.3, -0.25) is 4.99 Å². The normalized spacial score (nSPS) is 29.9. The minimum absolute atomic E-state index is 0. The van der Waals surface area contributed by atoms with Gasteiger partial charge in [0, 0.05) is 32.2 Å². The lowest BCUT2D eigenvalue weighted by atomic mass is 9.51. The van der Waals surface area contributed by atoms with E-state index in [4.69, 9.17) is 4.74 Å². The second-order valence-corrected chi connectivity index (χ2v) is 4.79. The molecule has 2 N–H and O–H groups in total. The molecule has 2 aliphatic carbocycles. The highest BCUT2D eigenvalue weighted by Crippen LogP contribution is 2.57. The Bertz CT molecular complexity index is 279. The molecule has 0 amide bonds. The first-order valence-corrected chi connectivity index (χ1v) is 6.29. The van der Waals surface area contributed by atoms with Crippen molar-refractivity contribution in [3.05, 3.63) is 0 Å². The number of nitrogens with zero attached hydrogens (tertiary/aromatic N) is 1. The summed E-state index contributed by atoms with van der Waals surface area (Å²) < 4.78 is 5.81. The van der Waals surface area contributed by atoms with E-state index in [1.807, 2.05) is 14.1 Å². The lowest BCUT2D eigenvalue weighted by Gasteiger charge is -2.61. The van der Waals surface area contributed by atoms with Crippen molar-refractivity contribution in [1.82, 2.24) is 10.6 Å². The van der Waals surface area contributed by atoms with Crippen molar-refractivity contribution in [1.29, 1.82) is 0 Å². The molecule has 0 heterocycles. The third-order valence-electron chi connectivity index (χ3n) is 4.21. The molecular formula is C12H24IN3O. The monoisotopic (exact) mass is 353 g/mol. The summed E-state index contributed by atoms with van der Waals surface area (Å²) in [5, 5.41) is 6.57. The molecule has 1 spiro atoms. The number of hydrogen-bond donors (Lipinski definition) is 2. The molecule has 0 aromatic heterocycles. The molecule has 0 aromatic carbocycles. The van der Waals surface area contributed by atoms with E-state index >= 15 is 0 Å². The first-order valence-electron chi connectivity index (χ1n) is 6.29. The molecule has 2 fully saturated rings. The van der Waals surface area contributed by atoms with E-state index < -0.39 is 0 Å². The maximum Gasteiger partial charge on any atom is 0.190 e. The van der Waals surface area contributed by atoms with Crippen molar-refractivity contribution in [2.75, 3.05) is 20.7 Å². The molecule has 2 atom stereocenters. The Morgan fingerprint density at radius 3 is 2.59 bits per heavy atom. The highest BCUT2D eigenvalue weighted by Gasteiger charge is 2.59. The van der Waals surface area contributed by atoms with E-state index in [0.717, 1.165) is 19.0 Å².